The van der Waals surface area contributed by atoms with Crippen molar-refractivity contribution in [3.8, 4) is 0 Å². The van der Waals surface area contributed by atoms with Crippen LogP contribution in [0.25, 0.3) is 0 Å². The fraction of sp³-hybridized carbons (Fsp3) is 0.273. The largest absolute Gasteiger partial charge is 0.296 e. The monoisotopic (exact) mass is 324 g/mol. The van der Waals surface area contributed by atoms with Crippen LogP contribution >= 0.6 is 0 Å². The molecule has 0 fully saturated rings. The molecule has 0 saturated carbocycles. The van der Waals surface area contributed by atoms with Crippen LogP contribution in [0, 0.1) is 12.8 Å². The Balaban J connectivity index is 0. The van der Waals surface area contributed by atoms with Gasteiger partial charge in [0.15, 0.2) is 0 Å². The van der Waals surface area contributed by atoms with E-state index in [0.717, 1.165) is 6.42 Å². The minimum absolute atomic E-state index is 0. The predicted molar refractivity (Wildman–Crippen MR) is 49.2 cm³/mol. The average Bonchev–Trinajstić information content (AvgIpc) is 2.06. The summed E-state index contributed by atoms with van der Waals surface area (Å²) in [4.78, 5) is 0. The minimum atomic E-state index is 0. The summed E-state index contributed by atoms with van der Waals surface area (Å²) in [5.41, 5.74) is 2.67. The van der Waals surface area contributed by atoms with Gasteiger partial charge in [-0.15, -0.1) is 19.1 Å². The Bertz CT molecular complexity index is 221. The zero-order valence-electron chi connectivity index (χ0n) is 8.33. The third kappa shape index (κ3) is 5.57. The van der Waals surface area contributed by atoms with Crippen molar-refractivity contribution in [2.24, 2.45) is 0 Å². The summed E-state index contributed by atoms with van der Waals surface area (Å²) in [6.07, 6.45) is 5.49. The molecule has 0 aromatic heterocycles. The minimum Gasteiger partial charge on any atom is -0.296 e. The van der Waals surface area contributed by atoms with E-state index < -0.39 is 0 Å². The van der Waals surface area contributed by atoms with Crippen molar-refractivity contribution >= 4 is 0 Å². The Kier molecular flexibility index (Phi) is 12.4. The molecule has 0 nitrogen and oxygen atoms in total. The van der Waals surface area contributed by atoms with Crippen LogP contribution in [0.1, 0.15) is 31.4 Å². The molecule has 0 unspecified atom stereocenters. The van der Waals surface area contributed by atoms with E-state index in [4.69, 9.17) is 0 Å². The first kappa shape index (κ1) is 16.6. The first-order valence-corrected chi connectivity index (χ1v) is 4.10. The van der Waals surface area contributed by atoms with E-state index in [1.165, 1.54) is 11.1 Å². The van der Waals surface area contributed by atoms with Gasteiger partial charge in [0.25, 0.3) is 0 Å². The van der Waals surface area contributed by atoms with Crippen LogP contribution < -0.4 is 0 Å². The molecule has 1 aromatic rings. The zero-order chi connectivity index (χ0) is 8.10. The second-order valence-corrected chi connectivity index (χ2v) is 2.53. The molecule has 0 N–H and O–H groups in total. The van der Waals surface area contributed by atoms with E-state index in [1.54, 1.807) is 0 Å². The first-order chi connectivity index (χ1) is 5.38. The van der Waals surface area contributed by atoms with E-state index in [-0.39, 0.29) is 65.4 Å². The Morgan fingerprint density at radius 1 is 1.08 bits per heavy atom. The van der Waals surface area contributed by atoms with Crippen LogP contribution in [-0.4, -0.2) is 0 Å². The van der Waals surface area contributed by atoms with Gasteiger partial charge in [0.1, 0.15) is 0 Å². The number of hydrogen-bond acceptors (Lipinski definition) is 0. The normalized spacial score (nSPS) is 7.85. The second-order valence-electron chi connectivity index (χ2n) is 2.53. The molecule has 0 aliphatic rings. The van der Waals surface area contributed by atoms with Crippen molar-refractivity contribution in [3.05, 3.63) is 48.2 Å². The maximum absolute atomic E-state index is 2.25. The van der Waals surface area contributed by atoms with Crippen molar-refractivity contribution in [2.45, 2.75) is 20.3 Å². The third-order valence-corrected chi connectivity index (χ3v) is 1.73. The van der Waals surface area contributed by atoms with Crippen LogP contribution in [0.2, 0.25) is 0 Å². The molecule has 2 heteroatoms. The Labute approximate surface area is 132 Å². The molecule has 2 radical (unpaired) electrons. The number of hydrogen-bond donors (Lipinski definition) is 0. The Morgan fingerprint density at radius 3 is 2.08 bits per heavy atom. The van der Waals surface area contributed by atoms with Crippen molar-refractivity contribution in [1.29, 1.82) is 0 Å². The summed E-state index contributed by atoms with van der Waals surface area (Å²) >= 11 is 0. The van der Waals surface area contributed by atoms with Gasteiger partial charge in [0.05, 0.1) is 0 Å². The standard InChI is InChI=1S/C11H14.2Y/c1-3-7-11-9-6-5-8-10(11)4-2;;/h4-9H,3H2,1-2H3;;/q-2;;. The molecule has 1 aromatic carbocycles. The van der Waals surface area contributed by atoms with E-state index in [9.17, 15) is 0 Å². The fourth-order valence-corrected chi connectivity index (χ4v) is 1.18. The SMILES string of the molecule is C[CH-]c1ccccc1[CH-]CC.[Y].[Y]. The molecule has 0 aliphatic heterocycles. The molecule has 0 saturated heterocycles. The Morgan fingerprint density at radius 2 is 1.62 bits per heavy atom. The summed E-state index contributed by atoms with van der Waals surface area (Å²) in [6, 6.07) is 8.44. The fourth-order valence-electron chi connectivity index (χ4n) is 1.18. The van der Waals surface area contributed by atoms with Crippen molar-refractivity contribution in [3.63, 3.8) is 0 Å². The topological polar surface area (TPSA) is 0 Å². The molecular formula is C11H14Y2-2. The Hall–Kier alpha value is 1.17. The summed E-state index contributed by atoms with van der Waals surface area (Å²) < 4.78 is 0. The smallest absolute Gasteiger partial charge is 0 e. The van der Waals surface area contributed by atoms with Crippen LogP contribution in [0.3, 0.4) is 0 Å². The number of rotatable bonds is 3. The number of benzene rings is 1. The van der Waals surface area contributed by atoms with Crippen LogP contribution in [-0.2, 0) is 65.4 Å². The summed E-state index contributed by atoms with van der Waals surface area (Å²) in [6.45, 7) is 4.23. The zero-order valence-corrected chi connectivity index (χ0v) is 14.0. The van der Waals surface area contributed by atoms with Gasteiger partial charge < -0.3 is 0 Å². The summed E-state index contributed by atoms with van der Waals surface area (Å²) in [7, 11) is 0. The van der Waals surface area contributed by atoms with Gasteiger partial charge in [-0.05, 0) is 0 Å². The quantitative estimate of drug-likeness (QED) is 0.749. The third-order valence-electron chi connectivity index (χ3n) is 1.73. The van der Waals surface area contributed by atoms with Gasteiger partial charge >= 0.3 is 0 Å². The van der Waals surface area contributed by atoms with Crippen LogP contribution in [0.5, 0.6) is 0 Å². The van der Waals surface area contributed by atoms with Gasteiger partial charge in [-0.2, -0.15) is 0 Å². The summed E-state index contributed by atoms with van der Waals surface area (Å²) in [5.74, 6) is 0. The first-order valence-electron chi connectivity index (χ1n) is 4.10. The average molecular weight is 324 g/mol. The molecule has 13 heavy (non-hydrogen) atoms. The summed E-state index contributed by atoms with van der Waals surface area (Å²) in [5, 5.41) is 0. The van der Waals surface area contributed by atoms with Crippen LogP contribution in [0.15, 0.2) is 24.3 Å². The molecule has 0 spiro atoms. The molecule has 0 bridgehead atoms. The molecule has 0 aliphatic carbocycles. The molecule has 0 atom stereocenters. The maximum Gasteiger partial charge on any atom is 0 e. The van der Waals surface area contributed by atoms with Gasteiger partial charge in [0.2, 0.25) is 0 Å². The molecule has 1 rings (SSSR count). The molecule has 0 amide bonds. The van der Waals surface area contributed by atoms with Gasteiger partial charge in [-0.1, -0.05) is 13.3 Å². The second kappa shape index (κ2) is 9.71. The van der Waals surface area contributed by atoms with Crippen LogP contribution in [0.4, 0.5) is 0 Å². The molecule has 0 heterocycles. The van der Waals surface area contributed by atoms with E-state index in [1.807, 2.05) is 0 Å². The van der Waals surface area contributed by atoms with E-state index >= 15 is 0 Å². The predicted octanol–water partition coefficient (Wildman–Crippen LogP) is 3.22. The van der Waals surface area contributed by atoms with E-state index in [2.05, 4.69) is 51.0 Å². The van der Waals surface area contributed by atoms with Gasteiger partial charge in [-0.3, -0.25) is 11.1 Å². The molecule has 66 valence electrons. The maximum atomic E-state index is 2.25. The van der Waals surface area contributed by atoms with Gasteiger partial charge in [-0.25, -0.2) is 25.0 Å². The van der Waals surface area contributed by atoms with Crippen molar-refractivity contribution < 1.29 is 65.4 Å². The van der Waals surface area contributed by atoms with Crippen molar-refractivity contribution in [1.82, 2.24) is 0 Å². The van der Waals surface area contributed by atoms with Gasteiger partial charge in [0, 0.05) is 65.4 Å². The van der Waals surface area contributed by atoms with Crippen molar-refractivity contribution in [2.75, 3.05) is 0 Å². The van der Waals surface area contributed by atoms with E-state index in [0.29, 0.717) is 0 Å². The molecular weight excluding hydrogens is 310 g/mol.